The molecule has 0 aliphatic heterocycles. The Balaban J connectivity index is 1.62. The van der Waals surface area contributed by atoms with Gasteiger partial charge in [-0.05, 0) is 29.3 Å². The molecule has 25 heavy (non-hydrogen) atoms. The van der Waals surface area contributed by atoms with E-state index >= 15 is 0 Å². The number of nitrogens with two attached hydrogens (primary N) is 1. The first-order valence-electron chi connectivity index (χ1n) is 7.25. The number of thioether (sulfide) groups is 1. The van der Waals surface area contributed by atoms with Crippen LogP contribution in [0.25, 0.3) is 0 Å². The number of nitrogens with zero attached hydrogens (tertiary/aromatic N) is 4. The molecule has 0 spiro atoms. The molecule has 0 unspecified atom stereocenters. The highest BCUT2D eigenvalue weighted by Gasteiger charge is 2.10. The Morgan fingerprint density at radius 3 is 2.80 bits per heavy atom. The largest absolute Gasteiger partial charge is 0.334 e. The SMILES string of the molecule is Nn1c(N/N=C/c2cccc(Cl)c2)nnc1SCc1ccccc1Cl. The molecule has 1 heterocycles. The lowest BCUT2D eigenvalue weighted by Crippen LogP contribution is -2.13. The van der Waals surface area contributed by atoms with Gasteiger partial charge in [0.15, 0.2) is 0 Å². The van der Waals surface area contributed by atoms with E-state index in [1.54, 1.807) is 18.3 Å². The van der Waals surface area contributed by atoms with Crippen molar-refractivity contribution < 1.29 is 0 Å². The molecule has 2 aromatic carbocycles. The first-order chi connectivity index (χ1) is 12.1. The Hall–Kier alpha value is -2.22. The smallest absolute Gasteiger partial charge is 0.264 e. The fourth-order valence-corrected chi connectivity index (χ4v) is 3.30. The summed E-state index contributed by atoms with van der Waals surface area (Å²) in [7, 11) is 0. The van der Waals surface area contributed by atoms with Crippen molar-refractivity contribution in [2.45, 2.75) is 10.9 Å². The van der Waals surface area contributed by atoms with Gasteiger partial charge < -0.3 is 5.84 Å². The summed E-state index contributed by atoms with van der Waals surface area (Å²) in [6, 6.07) is 15.0. The molecule has 9 heteroatoms. The van der Waals surface area contributed by atoms with Crippen LogP contribution in [-0.4, -0.2) is 21.1 Å². The third-order valence-electron chi connectivity index (χ3n) is 3.21. The zero-order valence-corrected chi connectivity index (χ0v) is 15.3. The van der Waals surface area contributed by atoms with Gasteiger partial charge in [-0.15, -0.1) is 10.2 Å². The van der Waals surface area contributed by atoms with Gasteiger partial charge in [0.05, 0.1) is 6.21 Å². The minimum atomic E-state index is 0.333. The van der Waals surface area contributed by atoms with Gasteiger partial charge in [0.25, 0.3) is 5.95 Å². The van der Waals surface area contributed by atoms with Gasteiger partial charge in [-0.25, -0.2) is 10.1 Å². The molecule has 0 saturated heterocycles. The summed E-state index contributed by atoms with van der Waals surface area (Å²) in [5.41, 5.74) is 4.63. The Morgan fingerprint density at radius 2 is 2.00 bits per heavy atom. The molecule has 0 aliphatic carbocycles. The van der Waals surface area contributed by atoms with E-state index in [-0.39, 0.29) is 0 Å². The average Bonchev–Trinajstić information content (AvgIpc) is 2.95. The molecule has 6 nitrogen and oxygen atoms in total. The maximum Gasteiger partial charge on any atom is 0.264 e. The lowest BCUT2D eigenvalue weighted by Gasteiger charge is -2.04. The van der Waals surface area contributed by atoms with E-state index in [0.717, 1.165) is 11.1 Å². The van der Waals surface area contributed by atoms with Gasteiger partial charge in [0.2, 0.25) is 5.16 Å². The molecular weight excluding hydrogens is 379 g/mol. The standard InChI is InChI=1S/C16H14Cl2N6S/c17-13-6-3-4-11(8-13)9-20-21-15-22-23-16(24(15)19)25-10-12-5-1-2-7-14(12)18/h1-9H,10,19H2,(H,21,22)/b20-9+. The molecule has 0 atom stereocenters. The highest BCUT2D eigenvalue weighted by Crippen LogP contribution is 2.25. The van der Waals surface area contributed by atoms with Crippen LogP contribution in [0.1, 0.15) is 11.1 Å². The fourth-order valence-electron chi connectivity index (χ4n) is 1.96. The van der Waals surface area contributed by atoms with E-state index in [9.17, 15) is 0 Å². The number of rotatable bonds is 6. The topological polar surface area (TPSA) is 81.1 Å². The van der Waals surface area contributed by atoms with Crippen LogP contribution in [-0.2, 0) is 5.75 Å². The number of hydrogen-bond acceptors (Lipinski definition) is 6. The van der Waals surface area contributed by atoms with E-state index in [4.69, 9.17) is 29.0 Å². The van der Waals surface area contributed by atoms with Crippen molar-refractivity contribution in [2.24, 2.45) is 5.10 Å². The molecule has 3 aromatic rings. The second-order valence-electron chi connectivity index (χ2n) is 4.98. The van der Waals surface area contributed by atoms with Gasteiger partial charge in [-0.1, -0.05) is 65.3 Å². The zero-order chi connectivity index (χ0) is 17.6. The summed E-state index contributed by atoms with van der Waals surface area (Å²) in [6.45, 7) is 0. The third kappa shape index (κ3) is 4.66. The summed E-state index contributed by atoms with van der Waals surface area (Å²) in [5, 5.41) is 14.0. The van der Waals surface area contributed by atoms with Crippen LogP contribution in [0.2, 0.25) is 10.0 Å². The molecule has 0 bridgehead atoms. The van der Waals surface area contributed by atoms with E-state index in [1.165, 1.54) is 16.4 Å². The number of nitrogen functional groups attached to an aromatic ring is 1. The molecule has 0 fully saturated rings. The number of anilines is 1. The number of halogens is 2. The molecule has 0 amide bonds. The van der Waals surface area contributed by atoms with Gasteiger partial charge in [0.1, 0.15) is 0 Å². The number of aromatic nitrogens is 3. The van der Waals surface area contributed by atoms with Gasteiger partial charge >= 0.3 is 0 Å². The molecule has 0 aliphatic rings. The lowest BCUT2D eigenvalue weighted by atomic mass is 10.2. The first-order valence-corrected chi connectivity index (χ1v) is 8.99. The Bertz CT molecular complexity index is 896. The number of benzene rings is 2. The zero-order valence-electron chi connectivity index (χ0n) is 12.9. The van der Waals surface area contributed by atoms with Crippen molar-refractivity contribution in [1.29, 1.82) is 0 Å². The van der Waals surface area contributed by atoms with Crippen LogP contribution in [0.3, 0.4) is 0 Å². The monoisotopic (exact) mass is 392 g/mol. The first kappa shape index (κ1) is 17.6. The van der Waals surface area contributed by atoms with Crippen LogP contribution in [0.4, 0.5) is 5.95 Å². The molecular formula is C16H14Cl2N6S. The molecule has 0 radical (unpaired) electrons. The van der Waals surface area contributed by atoms with E-state index in [2.05, 4.69) is 20.7 Å². The Labute approximate surface area is 159 Å². The highest BCUT2D eigenvalue weighted by atomic mass is 35.5. The predicted molar refractivity (Wildman–Crippen MR) is 104 cm³/mol. The maximum absolute atomic E-state index is 6.15. The Morgan fingerprint density at radius 1 is 1.16 bits per heavy atom. The molecule has 128 valence electrons. The molecule has 3 N–H and O–H groups in total. The van der Waals surface area contributed by atoms with Crippen molar-refractivity contribution in [3.05, 3.63) is 69.7 Å². The highest BCUT2D eigenvalue weighted by molar-refractivity contribution is 7.98. The minimum Gasteiger partial charge on any atom is -0.334 e. The van der Waals surface area contributed by atoms with Gasteiger partial charge in [-0.3, -0.25) is 0 Å². The molecule has 0 saturated carbocycles. The predicted octanol–water partition coefficient (Wildman–Crippen LogP) is 4.04. The minimum absolute atomic E-state index is 0.333. The summed E-state index contributed by atoms with van der Waals surface area (Å²) in [5.74, 6) is 6.96. The Kier molecular flexibility index (Phi) is 5.80. The molecule has 1 aromatic heterocycles. The number of nitrogens with one attached hydrogen (secondary N) is 1. The lowest BCUT2D eigenvalue weighted by molar-refractivity contribution is 0.847. The third-order valence-corrected chi connectivity index (χ3v) is 4.80. The van der Waals surface area contributed by atoms with Crippen LogP contribution in [0.15, 0.2) is 58.8 Å². The van der Waals surface area contributed by atoms with Gasteiger partial charge in [-0.2, -0.15) is 5.10 Å². The van der Waals surface area contributed by atoms with Crippen LogP contribution in [0, 0.1) is 0 Å². The quantitative estimate of drug-likeness (QED) is 0.286. The van der Waals surface area contributed by atoms with Gasteiger partial charge in [0, 0.05) is 15.8 Å². The second kappa shape index (κ2) is 8.24. The van der Waals surface area contributed by atoms with Crippen molar-refractivity contribution in [1.82, 2.24) is 14.9 Å². The van der Waals surface area contributed by atoms with E-state index < -0.39 is 0 Å². The number of hydrazone groups is 1. The number of hydrogen-bond donors (Lipinski definition) is 2. The van der Waals surface area contributed by atoms with Crippen LogP contribution < -0.4 is 11.3 Å². The van der Waals surface area contributed by atoms with E-state index in [1.807, 2.05) is 36.4 Å². The van der Waals surface area contributed by atoms with Crippen LogP contribution in [0.5, 0.6) is 0 Å². The fraction of sp³-hybridized carbons (Fsp3) is 0.0625. The normalized spacial score (nSPS) is 11.1. The summed E-state index contributed by atoms with van der Waals surface area (Å²) < 4.78 is 1.34. The van der Waals surface area contributed by atoms with E-state index in [0.29, 0.717) is 26.9 Å². The van der Waals surface area contributed by atoms with Crippen molar-refractivity contribution in [2.75, 3.05) is 11.3 Å². The summed E-state index contributed by atoms with van der Waals surface area (Å²) >= 11 is 13.5. The second-order valence-corrected chi connectivity index (χ2v) is 6.77. The van der Waals surface area contributed by atoms with Crippen molar-refractivity contribution >= 4 is 47.1 Å². The summed E-state index contributed by atoms with van der Waals surface area (Å²) in [6.07, 6.45) is 1.62. The maximum atomic E-state index is 6.15. The summed E-state index contributed by atoms with van der Waals surface area (Å²) in [4.78, 5) is 0. The van der Waals surface area contributed by atoms with Crippen LogP contribution >= 0.6 is 35.0 Å². The van der Waals surface area contributed by atoms with Crippen molar-refractivity contribution in [3.8, 4) is 0 Å². The molecule has 3 rings (SSSR count). The average molecular weight is 393 g/mol. The van der Waals surface area contributed by atoms with Crippen molar-refractivity contribution in [3.63, 3.8) is 0 Å².